The van der Waals surface area contributed by atoms with E-state index in [1.165, 1.54) is 28.3 Å². The van der Waals surface area contributed by atoms with Crippen LogP contribution in [0.1, 0.15) is 34.3 Å². The van der Waals surface area contributed by atoms with Gasteiger partial charge in [0.05, 0.1) is 18.6 Å². The predicted molar refractivity (Wildman–Crippen MR) is 70.4 cm³/mol. The average Bonchev–Trinajstić information content (AvgIpc) is 3.00. The standard InChI is InChI=1S/C13H17N3S/c1-10-4-5-11(17-10)8-16-9-14-7-13(16)12-3-2-6-15-12/h4-5,7,9,12,15H,2-3,6,8H2,1H3. The smallest absolute Gasteiger partial charge is 0.0952 e. The SMILES string of the molecule is Cc1ccc(Cn2cncc2C2CCCN2)s1. The summed E-state index contributed by atoms with van der Waals surface area (Å²) in [6.07, 6.45) is 6.46. The van der Waals surface area contributed by atoms with Gasteiger partial charge in [0.15, 0.2) is 0 Å². The van der Waals surface area contributed by atoms with Gasteiger partial charge in [-0.15, -0.1) is 11.3 Å². The van der Waals surface area contributed by atoms with Crippen molar-refractivity contribution >= 4 is 11.3 Å². The predicted octanol–water partition coefficient (Wildman–Crippen LogP) is 2.73. The Morgan fingerprint density at radius 1 is 1.53 bits per heavy atom. The maximum atomic E-state index is 4.30. The fraction of sp³-hybridized carbons (Fsp3) is 0.462. The van der Waals surface area contributed by atoms with Crippen LogP contribution in [-0.4, -0.2) is 16.1 Å². The van der Waals surface area contributed by atoms with Gasteiger partial charge in [0, 0.05) is 22.0 Å². The number of nitrogens with one attached hydrogen (secondary N) is 1. The van der Waals surface area contributed by atoms with Crippen molar-refractivity contribution in [1.29, 1.82) is 0 Å². The molecule has 90 valence electrons. The molecule has 0 radical (unpaired) electrons. The molecule has 0 amide bonds. The molecule has 0 aromatic carbocycles. The third kappa shape index (κ3) is 2.28. The summed E-state index contributed by atoms with van der Waals surface area (Å²) in [4.78, 5) is 7.08. The second-order valence-corrected chi connectivity index (χ2v) is 5.98. The van der Waals surface area contributed by atoms with Crippen molar-refractivity contribution in [1.82, 2.24) is 14.9 Å². The summed E-state index contributed by atoms with van der Waals surface area (Å²) >= 11 is 1.87. The summed E-state index contributed by atoms with van der Waals surface area (Å²) in [5.74, 6) is 0. The van der Waals surface area contributed by atoms with Crippen LogP contribution in [0.3, 0.4) is 0 Å². The van der Waals surface area contributed by atoms with Gasteiger partial charge in [-0.2, -0.15) is 0 Å². The molecule has 0 spiro atoms. The Bertz CT molecular complexity index is 494. The molecule has 3 nitrogen and oxygen atoms in total. The minimum Gasteiger partial charge on any atom is -0.328 e. The van der Waals surface area contributed by atoms with Crippen LogP contribution in [0, 0.1) is 6.92 Å². The highest BCUT2D eigenvalue weighted by molar-refractivity contribution is 7.11. The first kappa shape index (κ1) is 11.0. The Labute approximate surface area is 106 Å². The first-order valence-corrected chi connectivity index (χ1v) is 6.93. The van der Waals surface area contributed by atoms with E-state index in [1.807, 2.05) is 23.9 Å². The molecule has 1 unspecified atom stereocenters. The number of nitrogens with zero attached hydrogens (tertiary/aromatic N) is 2. The average molecular weight is 247 g/mol. The van der Waals surface area contributed by atoms with Gasteiger partial charge in [-0.3, -0.25) is 0 Å². The fourth-order valence-electron chi connectivity index (χ4n) is 2.43. The van der Waals surface area contributed by atoms with Gasteiger partial charge in [0.2, 0.25) is 0 Å². The highest BCUT2D eigenvalue weighted by atomic mass is 32.1. The number of hydrogen-bond donors (Lipinski definition) is 1. The Hall–Kier alpha value is -1.13. The van der Waals surface area contributed by atoms with Crippen LogP contribution in [0.4, 0.5) is 0 Å². The normalized spacial score (nSPS) is 19.9. The summed E-state index contributed by atoms with van der Waals surface area (Å²) in [6, 6.07) is 4.90. The Kier molecular flexibility index (Phi) is 2.99. The second-order valence-electron chi connectivity index (χ2n) is 4.61. The van der Waals surface area contributed by atoms with Crippen LogP contribution in [0.5, 0.6) is 0 Å². The van der Waals surface area contributed by atoms with Crippen LogP contribution in [0.2, 0.25) is 0 Å². The van der Waals surface area contributed by atoms with E-state index in [-0.39, 0.29) is 0 Å². The van der Waals surface area contributed by atoms with Gasteiger partial charge >= 0.3 is 0 Å². The van der Waals surface area contributed by atoms with Crippen LogP contribution < -0.4 is 5.32 Å². The minimum atomic E-state index is 0.499. The van der Waals surface area contributed by atoms with E-state index in [0.29, 0.717) is 6.04 Å². The van der Waals surface area contributed by atoms with Crippen LogP contribution in [0.15, 0.2) is 24.7 Å². The van der Waals surface area contributed by atoms with Gasteiger partial charge in [0.25, 0.3) is 0 Å². The van der Waals surface area contributed by atoms with Crippen molar-refractivity contribution < 1.29 is 0 Å². The van der Waals surface area contributed by atoms with Gasteiger partial charge < -0.3 is 9.88 Å². The molecular formula is C13H17N3S. The van der Waals surface area contributed by atoms with Crippen molar-refractivity contribution in [3.05, 3.63) is 40.1 Å². The van der Waals surface area contributed by atoms with E-state index in [0.717, 1.165) is 13.1 Å². The Morgan fingerprint density at radius 2 is 2.47 bits per heavy atom. The van der Waals surface area contributed by atoms with E-state index in [9.17, 15) is 0 Å². The van der Waals surface area contributed by atoms with Gasteiger partial charge in [-0.05, 0) is 38.4 Å². The quantitative estimate of drug-likeness (QED) is 0.904. The number of imidazole rings is 1. The lowest BCUT2D eigenvalue weighted by Gasteiger charge is -2.13. The zero-order valence-corrected chi connectivity index (χ0v) is 10.8. The third-order valence-electron chi connectivity index (χ3n) is 3.28. The number of thiophene rings is 1. The summed E-state index contributed by atoms with van der Waals surface area (Å²) in [5, 5.41) is 3.53. The van der Waals surface area contributed by atoms with E-state index in [4.69, 9.17) is 0 Å². The molecule has 17 heavy (non-hydrogen) atoms. The third-order valence-corrected chi connectivity index (χ3v) is 4.27. The van der Waals surface area contributed by atoms with Crippen molar-refractivity contribution in [3.8, 4) is 0 Å². The second kappa shape index (κ2) is 4.63. The minimum absolute atomic E-state index is 0.499. The van der Waals surface area contributed by atoms with E-state index < -0.39 is 0 Å². The van der Waals surface area contributed by atoms with Gasteiger partial charge in [0.1, 0.15) is 0 Å². The number of aromatic nitrogens is 2. The fourth-order valence-corrected chi connectivity index (χ4v) is 3.32. The molecule has 3 rings (SSSR count). The molecule has 0 aliphatic carbocycles. The molecule has 0 saturated carbocycles. The lowest BCUT2D eigenvalue weighted by atomic mass is 10.2. The molecule has 1 saturated heterocycles. The summed E-state index contributed by atoms with van der Waals surface area (Å²) < 4.78 is 2.27. The molecule has 1 aliphatic rings. The Balaban J connectivity index is 1.81. The van der Waals surface area contributed by atoms with Crippen LogP contribution in [-0.2, 0) is 6.54 Å². The number of aryl methyl sites for hydroxylation is 1. The molecule has 1 fully saturated rings. The maximum Gasteiger partial charge on any atom is 0.0952 e. The van der Waals surface area contributed by atoms with Gasteiger partial charge in [-0.25, -0.2) is 4.98 Å². The molecule has 2 aromatic rings. The van der Waals surface area contributed by atoms with Crippen molar-refractivity contribution in [3.63, 3.8) is 0 Å². The zero-order valence-electron chi connectivity index (χ0n) is 10.0. The molecule has 1 atom stereocenters. The number of rotatable bonds is 3. The molecule has 0 bridgehead atoms. The molecule has 1 N–H and O–H groups in total. The van der Waals surface area contributed by atoms with Crippen molar-refractivity contribution in [2.24, 2.45) is 0 Å². The highest BCUT2D eigenvalue weighted by Crippen LogP contribution is 2.24. The Morgan fingerprint density at radius 3 is 3.18 bits per heavy atom. The lowest BCUT2D eigenvalue weighted by molar-refractivity contribution is 0.586. The lowest BCUT2D eigenvalue weighted by Crippen LogP contribution is -2.16. The largest absolute Gasteiger partial charge is 0.328 e. The van der Waals surface area contributed by atoms with Crippen molar-refractivity contribution in [2.75, 3.05) is 6.54 Å². The monoisotopic (exact) mass is 247 g/mol. The summed E-state index contributed by atoms with van der Waals surface area (Å²) in [6.45, 7) is 4.24. The van der Waals surface area contributed by atoms with E-state index >= 15 is 0 Å². The van der Waals surface area contributed by atoms with E-state index in [1.54, 1.807) is 0 Å². The molecule has 4 heteroatoms. The molecule has 1 aliphatic heterocycles. The van der Waals surface area contributed by atoms with Crippen LogP contribution in [0.25, 0.3) is 0 Å². The summed E-state index contributed by atoms with van der Waals surface area (Å²) in [7, 11) is 0. The summed E-state index contributed by atoms with van der Waals surface area (Å²) in [5.41, 5.74) is 1.33. The zero-order chi connectivity index (χ0) is 11.7. The molecular weight excluding hydrogens is 230 g/mol. The van der Waals surface area contributed by atoms with Crippen LogP contribution >= 0.6 is 11.3 Å². The first-order valence-electron chi connectivity index (χ1n) is 6.11. The van der Waals surface area contributed by atoms with Gasteiger partial charge in [-0.1, -0.05) is 0 Å². The highest BCUT2D eigenvalue weighted by Gasteiger charge is 2.19. The molecule has 3 heterocycles. The maximum absolute atomic E-state index is 4.30. The van der Waals surface area contributed by atoms with E-state index in [2.05, 4.69) is 33.9 Å². The van der Waals surface area contributed by atoms with Crippen molar-refractivity contribution in [2.45, 2.75) is 32.4 Å². The topological polar surface area (TPSA) is 29.9 Å². The molecule has 2 aromatic heterocycles. The number of hydrogen-bond acceptors (Lipinski definition) is 3. The first-order chi connectivity index (χ1) is 8.33.